The Labute approximate surface area is 76.9 Å². The van der Waals surface area contributed by atoms with E-state index in [1.165, 1.54) is 0 Å². The smallest absolute Gasteiger partial charge is 0.309 e. The van der Waals surface area contributed by atoms with Gasteiger partial charge in [0.2, 0.25) is 0 Å². The molecule has 1 heterocycles. The van der Waals surface area contributed by atoms with E-state index in [0.29, 0.717) is 12.8 Å². The van der Waals surface area contributed by atoms with E-state index in [-0.39, 0.29) is 24.4 Å². The first-order valence-corrected chi connectivity index (χ1v) is 4.55. The fraction of sp³-hybridized carbons (Fsp3) is 0.778. The van der Waals surface area contributed by atoms with Gasteiger partial charge in [0.25, 0.3) is 0 Å². The molecule has 0 bridgehead atoms. The Bertz CT molecular complexity index is 212. The van der Waals surface area contributed by atoms with Gasteiger partial charge in [0.1, 0.15) is 6.10 Å². The van der Waals surface area contributed by atoms with Crippen LogP contribution in [0.15, 0.2) is 0 Å². The van der Waals surface area contributed by atoms with Crippen molar-refractivity contribution in [3.05, 3.63) is 0 Å². The van der Waals surface area contributed by atoms with Gasteiger partial charge in [-0.2, -0.15) is 0 Å². The second kappa shape index (κ2) is 4.25. The summed E-state index contributed by atoms with van der Waals surface area (Å²) in [5.74, 6) is -1.02. The summed E-state index contributed by atoms with van der Waals surface area (Å²) >= 11 is 0. The van der Waals surface area contributed by atoms with Gasteiger partial charge >= 0.3 is 11.9 Å². The third kappa shape index (κ3) is 2.72. The Morgan fingerprint density at radius 2 is 2.38 bits per heavy atom. The lowest BCUT2D eigenvalue weighted by Crippen LogP contribution is -2.09. The van der Waals surface area contributed by atoms with Crippen LogP contribution in [0.5, 0.6) is 0 Å². The van der Waals surface area contributed by atoms with Crippen LogP contribution in [0.4, 0.5) is 0 Å². The van der Waals surface area contributed by atoms with Gasteiger partial charge in [0, 0.05) is 6.42 Å². The van der Waals surface area contributed by atoms with Gasteiger partial charge in [-0.25, -0.2) is 0 Å². The van der Waals surface area contributed by atoms with Crippen LogP contribution in [0, 0.1) is 5.92 Å². The molecule has 74 valence electrons. The Morgan fingerprint density at radius 1 is 1.69 bits per heavy atom. The third-order valence-corrected chi connectivity index (χ3v) is 2.34. The van der Waals surface area contributed by atoms with Gasteiger partial charge in [-0.1, -0.05) is 6.92 Å². The molecule has 0 aromatic heterocycles. The van der Waals surface area contributed by atoms with Crippen LogP contribution in [0.2, 0.25) is 0 Å². The minimum atomic E-state index is -0.837. The summed E-state index contributed by atoms with van der Waals surface area (Å²) in [6.07, 6.45) is 1.81. The van der Waals surface area contributed by atoms with Crippen molar-refractivity contribution in [3.63, 3.8) is 0 Å². The van der Waals surface area contributed by atoms with Crippen LogP contribution in [0.1, 0.15) is 32.6 Å². The Hall–Kier alpha value is -1.06. The average molecular weight is 186 g/mol. The summed E-state index contributed by atoms with van der Waals surface area (Å²) in [5.41, 5.74) is 0. The van der Waals surface area contributed by atoms with E-state index in [4.69, 9.17) is 9.84 Å². The standard InChI is InChI=1S/C9H14O4/c1-2-6-5-7(13-9(6)12)3-4-8(10)11/h6-7H,2-5H2,1H3,(H,10,11). The number of carbonyl (C=O) groups excluding carboxylic acids is 1. The lowest BCUT2D eigenvalue weighted by atomic mass is 10.0. The SMILES string of the molecule is CCC1CC(CCC(=O)O)OC1=O. The van der Waals surface area contributed by atoms with Gasteiger partial charge in [-0.15, -0.1) is 0 Å². The molecule has 13 heavy (non-hydrogen) atoms. The zero-order chi connectivity index (χ0) is 9.84. The van der Waals surface area contributed by atoms with E-state index in [2.05, 4.69) is 0 Å². The number of carboxylic acids is 1. The predicted molar refractivity (Wildman–Crippen MR) is 45.1 cm³/mol. The van der Waals surface area contributed by atoms with E-state index < -0.39 is 5.97 Å². The number of carboxylic acid groups (broad SMARTS) is 1. The summed E-state index contributed by atoms with van der Waals surface area (Å²) in [5, 5.41) is 8.42. The Morgan fingerprint density at radius 3 is 2.85 bits per heavy atom. The van der Waals surface area contributed by atoms with Crippen molar-refractivity contribution in [2.75, 3.05) is 0 Å². The fourth-order valence-electron chi connectivity index (χ4n) is 1.52. The summed E-state index contributed by atoms with van der Waals surface area (Å²) in [7, 11) is 0. The van der Waals surface area contributed by atoms with Crippen molar-refractivity contribution in [2.24, 2.45) is 5.92 Å². The van der Waals surface area contributed by atoms with Crippen LogP contribution in [-0.2, 0) is 14.3 Å². The predicted octanol–water partition coefficient (Wildman–Crippen LogP) is 1.19. The third-order valence-electron chi connectivity index (χ3n) is 2.34. The van der Waals surface area contributed by atoms with Crippen molar-refractivity contribution >= 4 is 11.9 Å². The lowest BCUT2D eigenvalue weighted by molar-refractivity contribution is -0.146. The van der Waals surface area contributed by atoms with Gasteiger partial charge in [0.15, 0.2) is 0 Å². The largest absolute Gasteiger partial charge is 0.481 e. The molecule has 4 nitrogen and oxygen atoms in total. The first-order valence-electron chi connectivity index (χ1n) is 4.55. The maximum Gasteiger partial charge on any atom is 0.309 e. The highest BCUT2D eigenvalue weighted by atomic mass is 16.5. The molecule has 4 heteroatoms. The first-order chi connectivity index (χ1) is 6.13. The van der Waals surface area contributed by atoms with Crippen molar-refractivity contribution in [3.8, 4) is 0 Å². The molecule has 0 saturated carbocycles. The van der Waals surface area contributed by atoms with E-state index in [1.54, 1.807) is 0 Å². The number of esters is 1. The van der Waals surface area contributed by atoms with Gasteiger partial charge in [-0.3, -0.25) is 9.59 Å². The lowest BCUT2D eigenvalue weighted by Gasteiger charge is -2.05. The summed E-state index contributed by atoms with van der Waals surface area (Å²) < 4.78 is 5.01. The van der Waals surface area contributed by atoms with Crippen LogP contribution in [0.25, 0.3) is 0 Å². The van der Waals surface area contributed by atoms with Crippen LogP contribution >= 0.6 is 0 Å². The summed E-state index contributed by atoms with van der Waals surface area (Å²) in [6.45, 7) is 1.94. The zero-order valence-electron chi connectivity index (χ0n) is 7.66. The summed E-state index contributed by atoms with van der Waals surface area (Å²) in [4.78, 5) is 21.3. The fourth-order valence-corrected chi connectivity index (χ4v) is 1.52. The molecule has 0 radical (unpaired) electrons. The van der Waals surface area contributed by atoms with Crippen LogP contribution in [0.3, 0.4) is 0 Å². The normalized spacial score (nSPS) is 27.3. The first kappa shape index (κ1) is 10.0. The van der Waals surface area contributed by atoms with Crippen LogP contribution in [-0.4, -0.2) is 23.1 Å². The van der Waals surface area contributed by atoms with E-state index >= 15 is 0 Å². The molecule has 1 N–H and O–H groups in total. The molecule has 0 aliphatic carbocycles. The molecular formula is C9H14O4. The van der Waals surface area contributed by atoms with Gasteiger partial charge in [0.05, 0.1) is 5.92 Å². The van der Waals surface area contributed by atoms with Gasteiger partial charge < -0.3 is 9.84 Å². The maximum absolute atomic E-state index is 11.1. The molecule has 2 unspecified atom stereocenters. The molecule has 0 amide bonds. The monoisotopic (exact) mass is 186 g/mol. The quantitative estimate of drug-likeness (QED) is 0.670. The summed E-state index contributed by atoms with van der Waals surface area (Å²) in [6, 6.07) is 0. The Kier molecular flexibility index (Phi) is 3.28. The molecule has 1 rings (SSSR count). The number of rotatable bonds is 4. The highest BCUT2D eigenvalue weighted by Gasteiger charge is 2.32. The average Bonchev–Trinajstić information content (AvgIpc) is 2.43. The number of aliphatic carboxylic acids is 1. The van der Waals surface area contributed by atoms with E-state index in [1.807, 2.05) is 6.92 Å². The number of cyclic esters (lactones) is 1. The van der Waals surface area contributed by atoms with Crippen molar-refractivity contribution in [1.82, 2.24) is 0 Å². The Balaban J connectivity index is 2.31. The molecular weight excluding hydrogens is 172 g/mol. The second-order valence-electron chi connectivity index (χ2n) is 3.33. The molecule has 0 aromatic carbocycles. The highest BCUT2D eigenvalue weighted by Crippen LogP contribution is 2.26. The van der Waals surface area contributed by atoms with Gasteiger partial charge in [-0.05, 0) is 19.3 Å². The van der Waals surface area contributed by atoms with Crippen molar-refractivity contribution in [1.29, 1.82) is 0 Å². The zero-order valence-corrected chi connectivity index (χ0v) is 7.66. The van der Waals surface area contributed by atoms with E-state index in [9.17, 15) is 9.59 Å². The molecule has 0 spiro atoms. The van der Waals surface area contributed by atoms with Crippen molar-refractivity contribution in [2.45, 2.75) is 38.7 Å². The molecule has 1 aliphatic rings. The number of carbonyl (C=O) groups is 2. The van der Waals surface area contributed by atoms with Crippen molar-refractivity contribution < 1.29 is 19.4 Å². The van der Waals surface area contributed by atoms with E-state index in [0.717, 1.165) is 6.42 Å². The topological polar surface area (TPSA) is 63.6 Å². The second-order valence-corrected chi connectivity index (χ2v) is 3.33. The molecule has 1 fully saturated rings. The molecule has 1 saturated heterocycles. The molecule has 0 aromatic rings. The highest BCUT2D eigenvalue weighted by molar-refractivity contribution is 5.74. The molecule has 1 aliphatic heterocycles. The molecule has 2 atom stereocenters. The number of ether oxygens (including phenoxy) is 1. The maximum atomic E-state index is 11.1. The minimum Gasteiger partial charge on any atom is -0.481 e. The number of hydrogen-bond donors (Lipinski definition) is 1. The van der Waals surface area contributed by atoms with Crippen LogP contribution < -0.4 is 0 Å². The minimum absolute atomic E-state index is 0.0150. The number of hydrogen-bond acceptors (Lipinski definition) is 3.